The summed E-state index contributed by atoms with van der Waals surface area (Å²) in [5.74, 6) is 0.173. The maximum absolute atomic E-state index is 12.3. The molecule has 0 aliphatic heterocycles. The number of esters is 2. The molecule has 8 atom stereocenters. The topological polar surface area (TPSA) is 124 Å². The standard InChI is InChI=1S/C28H42N2O7/c1-7-35-25(33)30-29-16(2)28(34)24(37-18(4)32)15-23-21-9-8-19-14-20(36-17(3)31)10-12-26(19,5)22(21)11-13-27(23,28)6/h8,20-24,34H,7,9-15H2,1-6H3,(H,30,33)/t20?,21?,22?,23?,24-,26+,27+,28-/m1/s1. The third-order valence-corrected chi connectivity index (χ3v) is 10.0. The first kappa shape index (κ1) is 27.6. The number of aliphatic hydroxyl groups is 1. The summed E-state index contributed by atoms with van der Waals surface area (Å²) in [6, 6.07) is 0. The summed E-state index contributed by atoms with van der Waals surface area (Å²) in [4.78, 5) is 35.5. The van der Waals surface area contributed by atoms with Gasteiger partial charge in [0.1, 0.15) is 17.8 Å². The molecule has 0 radical (unpaired) electrons. The predicted molar refractivity (Wildman–Crippen MR) is 136 cm³/mol. The second-order valence-electron chi connectivity index (χ2n) is 11.8. The Hall–Kier alpha value is -2.42. The minimum atomic E-state index is -1.52. The zero-order valence-electron chi connectivity index (χ0n) is 23.0. The van der Waals surface area contributed by atoms with Crippen LogP contribution in [0.25, 0.3) is 0 Å². The molecule has 2 N–H and O–H groups in total. The molecule has 1 amide bonds. The van der Waals surface area contributed by atoms with Gasteiger partial charge in [-0.05, 0) is 75.5 Å². The lowest BCUT2D eigenvalue weighted by Crippen LogP contribution is -2.60. The van der Waals surface area contributed by atoms with Crippen LogP contribution in [0.15, 0.2) is 16.8 Å². The number of fused-ring (bicyclic) bond motifs is 5. The quantitative estimate of drug-likeness (QED) is 0.183. The fraction of sp³-hybridized carbons (Fsp3) is 0.786. The number of hydrogen-bond acceptors (Lipinski definition) is 8. The van der Waals surface area contributed by atoms with E-state index < -0.39 is 29.2 Å². The van der Waals surface area contributed by atoms with E-state index in [1.165, 1.54) is 19.4 Å². The van der Waals surface area contributed by atoms with E-state index in [9.17, 15) is 19.5 Å². The van der Waals surface area contributed by atoms with Crippen LogP contribution in [0.1, 0.15) is 86.5 Å². The summed E-state index contributed by atoms with van der Waals surface area (Å²) < 4.78 is 16.2. The van der Waals surface area contributed by atoms with E-state index in [-0.39, 0.29) is 30.0 Å². The van der Waals surface area contributed by atoms with E-state index >= 15 is 0 Å². The van der Waals surface area contributed by atoms with Gasteiger partial charge in [-0.25, -0.2) is 10.2 Å². The molecule has 4 rings (SSSR count). The first-order valence-electron chi connectivity index (χ1n) is 13.6. The number of nitrogens with zero attached hydrogens (tertiary/aromatic N) is 1. The summed E-state index contributed by atoms with van der Waals surface area (Å²) in [7, 11) is 0. The van der Waals surface area contributed by atoms with Crippen molar-refractivity contribution in [2.75, 3.05) is 6.61 Å². The normalized spacial score (nSPS) is 40.9. The number of carbonyl (C=O) groups is 3. The largest absolute Gasteiger partial charge is 0.462 e. The van der Waals surface area contributed by atoms with Gasteiger partial charge in [0, 0.05) is 25.7 Å². The van der Waals surface area contributed by atoms with E-state index in [4.69, 9.17) is 14.2 Å². The highest BCUT2D eigenvalue weighted by Gasteiger charge is 2.69. The van der Waals surface area contributed by atoms with Gasteiger partial charge >= 0.3 is 18.0 Å². The minimum Gasteiger partial charge on any atom is -0.462 e. The molecular formula is C28H42N2O7. The van der Waals surface area contributed by atoms with Crippen molar-refractivity contribution in [3.8, 4) is 0 Å². The minimum absolute atomic E-state index is 0.0210. The lowest BCUT2D eigenvalue weighted by molar-refractivity contribution is -0.161. The van der Waals surface area contributed by atoms with Gasteiger partial charge in [0.05, 0.1) is 12.3 Å². The second kappa shape index (κ2) is 10.0. The summed E-state index contributed by atoms with van der Waals surface area (Å²) >= 11 is 0. The summed E-state index contributed by atoms with van der Waals surface area (Å²) in [6.07, 6.45) is 6.51. The summed E-state index contributed by atoms with van der Waals surface area (Å²) in [5, 5.41) is 16.5. The lowest BCUT2D eigenvalue weighted by Gasteiger charge is -2.58. The highest BCUT2D eigenvalue weighted by Crippen LogP contribution is 2.67. The highest BCUT2D eigenvalue weighted by atomic mass is 16.6. The van der Waals surface area contributed by atoms with Crippen LogP contribution in [-0.2, 0) is 23.8 Å². The molecule has 3 saturated carbocycles. The van der Waals surface area contributed by atoms with E-state index in [0.29, 0.717) is 24.0 Å². The summed E-state index contributed by atoms with van der Waals surface area (Å²) in [5.41, 5.74) is 1.98. The van der Waals surface area contributed by atoms with Gasteiger partial charge in [-0.15, -0.1) is 0 Å². The van der Waals surface area contributed by atoms with Crippen LogP contribution in [0.3, 0.4) is 0 Å². The molecule has 3 fully saturated rings. The zero-order chi connectivity index (χ0) is 27.2. The third-order valence-electron chi connectivity index (χ3n) is 10.0. The molecule has 0 bridgehead atoms. The van der Waals surface area contributed by atoms with E-state index in [0.717, 1.165) is 38.5 Å². The monoisotopic (exact) mass is 518 g/mol. The smallest absolute Gasteiger partial charge is 0.427 e. The van der Waals surface area contributed by atoms with Crippen LogP contribution in [0, 0.1) is 28.6 Å². The second-order valence-corrected chi connectivity index (χ2v) is 11.8. The van der Waals surface area contributed by atoms with Crippen molar-refractivity contribution in [2.24, 2.45) is 33.7 Å². The third kappa shape index (κ3) is 4.57. The van der Waals surface area contributed by atoms with Crippen molar-refractivity contribution >= 4 is 23.7 Å². The fourth-order valence-electron chi connectivity index (χ4n) is 8.32. The van der Waals surface area contributed by atoms with Gasteiger partial charge in [-0.3, -0.25) is 9.59 Å². The van der Waals surface area contributed by atoms with Gasteiger partial charge in [0.25, 0.3) is 0 Å². The molecule has 9 nitrogen and oxygen atoms in total. The van der Waals surface area contributed by atoms with Gasteiger partial charge in [-0.2, -0.15) is 5.10 Å². The van der Waals surface area contributed by atoms with E-state index in [1.54, 1.807) is 13.8 Å². The first-order valence-corrected chi connectivity index (χ1v) is 13.6. The van der Waals surface area contributed by atoms with Crippen LogP contribution < -0.4 is 5.43 Å². The predicted octanol–water partition coefficient (Wildman–Crippen LogP) is 4.28. The average molecular weight is 519 g/mol. The maximum Gasteiger partial charge on any atom is 0.427 e. The van der Waals surface area contributed by atoms with Crippen molar-refractivity contribution in [2.45, 2.75) is 104 Å². The van der Waals surface area contributed by atoms with Crippen LogP contribution in [0.4, 0.5) is 4.79 Å². The van der Waals surface area contributed by atoms with Gasteiger partial charge in [0.15, 0.2) is 0 Å². The number of nitrogens with one attached hydrogen (secondary N) is 1. The van der Waals surface area contributed by atoms with Crippen molar-refractivity contribution in [3.63, 3.8) is 0 Å². The number of rotatable bonds is 5. The Morgan fingerprint density at radius 1 is 1.08 bits per heavy atom. The molecule has 0 aromatic heterocycles. The number of ether oxygens (including phenoxy) is 3. The molecule has 0 heterocycles. The van der Waals surface area contributed by atoms with Crippen molar-refractivity contribution in [1.29, 1.82) is 0 Å². The number of hydrogen-bond donors (Lipinski definition) is 2. The average Bonchev–Trinajstić information content (AvgIpc) is 3.05. The molecule has 4 aliphatic carbocycles. The number of amides is 1. The Morgan fingerprint density at radius 3 is 2.43 bits per heavy atom. The molecule has 0 aromatic rings. The maximum atomic E-state index is 12.3. The van der Waals surface area contributed by atoms with Crippen molar-refractivity contribution in [3.05, 3.63) is 11.6 Å². The fourth-order valence-corrected chi connectivity index (χ4v) is 8.32. The zero-order valence-corrected chi connectivity index (χ0v) is 23.0. The van der Waals surface area contributed by atoms with Crippen molar-refractivity contribution < 1.29 is 33.7 Å². The molecule has 9 heteroatoms. The van der Waals surface area contributed by atoms with Crippen LogP contribution in [0.5, 0.6) is 0 Å². The van der Waals surface area contributed by atoms with Gasteiger partial charge in [0.2, 0.25) is 0 Å². The van der Waals surface area contributed by atoms with Crippen LogP contribution >= 0.6 is 0 Å². The molecule has 206 valence electrons. The molecule has 0 aromatic carbocycles. The molecular weight excluding hydrogens is 476 g/mol. The Bertz CT molecular complexity index is 1010. The van der Waals surface area contributed by atoms with E-state index in [1.807, 2.05) is 0 Å². The lowest BCUT2D eigenvalue weighted by atomic mass is 9.46. The number of hydrazone groups is 1. The van der Waals surface area contributed by atoms with Crippen molar-refractivity contribution in [1.82, 2.24) is 5.43 Å². The summed E-state index contributed by atoms with van der Waals surface area (Å²) in [6.45, 7) is 10.8. The Balaban J connectivity index is 1.65. The highest BCUT2D eigenvalue weighted by molar-refractivity contribution is 5.93. The Morgan fingerprint density at radius 2 is 1.78 bits per heavy atom. The SMILES string of the molecule is CCOC(=O)NN=C(C)[C@@]1(O)[C@H](OC(C)=O)CC2C3CC=C4CC(OC(C)=O)CC[C@]4(C)C3CC[C@@]21C. The Kier molecular flexibility index (Phi) is 7.49. The van der Waals surface area contributed by atoms with Gasteiger partial charge in [-0.1, -0.05) is 25.5 Å². The first-order chi connectivity index (χ1) is 17.4. The van der Waals surface area contributed by atoms with Crippen LogP contribution in [0.2, 0.25) is 0 Å². The molecule has 4 unspecified atom stereocenters. The molecule has 0 spiro atoms. The van der Waals surface area contributed by atoms with Gasteiger partial charge < -0.3 is 19.3 Å². The Labute approximate surface area is 219 Å². The number of allylic oxidation sites excluding steroid dienone is 1. The van der Waals surface area contributed by atoms with E-state index in [2.05, 4.69) is 30.5 Å². The molecule has 37 heavy (non-hydrogen) atoms. The van der Waals surface area contributed by atoms with Crippen LogP contribution in [-0.4, -0.2) is 53.3 Å². The number of carbonyl (C=O) groups excluding carboxylic acids is 3. The molecule has 4 aliphatic rings. The molecule has 0 saturated heterocycles.